The van der Waals surface area contributed by atoms with Crippen molar-refractivity contribution in [1.29, 1.82) is 0 Å². The van der Waals surface area contributed by atoms with Crippen LogP contribution in [0.5, 0.6) is 5.75 Å². The Labute approximate surface area is 147 Å². The van der Waals surface area contributed by atoms with Crippen LogP contribution in [-0.4, -0.2) is 11.1 Å². The van der Waals surface area contributed by atoms with Crippen molar-refractivity contribution >= 4 is 34.0 Å². The average molecular weight is 341 g/mol. The average Bonchev–Trinajstić information content (AvgIpc) is 2.58. The molecule has 3 rings (SSSR count). The van der Waals surface area contributed by atoms with Crippen molar-refractivity contribution in [2.75, 3.05) is 5.32 Å². The number of hydrogen-bond acceptors (Lipinski definition) is 3. The summed E-state index contributed by atoms with van der Waals surface area (Å²) in [5.74, 6) is 1.66. The highest BCUT2D eigenvalue weighted by molar-refractivity contribution is 6.35. The zero-order valence-electron chi connectivity index (χ0n) is 14.1. The maximum atomic E-state index is 6.24. The summed E-state index contributed by atoms with van der Waals surface area (Å²) in [6.45, 7) is 6.24. The molecule has 1 heterocycles. The Morgan fingerprint density at radius 1 is 1.17 bits per heavy atom. The van der Waals surface area contributed by atoms with Gasteiger partial charge in [0.15, 0.2) is 0 Å². The summed E-state index contributed by atoms with van der Waals surface area (Å²) in [5, 5.41) is 5.05. The predicted octanol–water partition coefficient (Wildman–Crippen LogP) is 6.12. The van der Waals surface area contributed by atoms with Gasteiger partial charge in [0.2, 0.25) is 0 Å². The molecular weight excluding hydrogens is 320 g/mol. The minimum absolute atomic E-state index is 0.215. The van der Waals surface area contributed by atoms with Crippen LogP contribution in [0.2, 0.25) is 5.02 Å². The van der Waals surface area contributed by atoms with Gasteiger partial charge in [-0.3, -0.25) is 0 Å². The minimum Gasteiger partial charge on any atom is -0.491 e. The van der Waals surface area contributed by atoms with Crippen LogP contribution in [0.4, 0.5) is 11.5 Å². The molecule has 24 heavy (non-hydrogen) atoms. The molecular formula is C20H21ClN2O. The Morgan fingerprint density at radius 2 is 2.00 bits per heavy atom. The number of fused-ring (bicyclic) bond motifs is 1. The van der Waals surface area contributed by atoms with Crippen LogP contribution in [0.25, 0.3) is 10.9 Å². The quantitative estimate of drug-likeness (QED) is 0.607. The molecule has 0 saturated carbocycles. The normalized spacial score (nSPS) is 12.2. The number of benzene rings is 2. The number of hydrogen-bond donors (Lipinski definition) is 1. The fourth-order valence-corrected chi connectivity index (χ4v) is 2.71. The maximum absolute atomic E-state index is 6.24. The van der Waals surface area contributed by atoms with E-state index in [1.54, 1.807) is 0 Å². The van der Waals surface area contributed by atoms with Crippen LogP contribution in [0.1, 0.15) is 25.8 Å². The summed E-state index contributed by atoms with van der Waals surface area (Å²) < 4.78 is 5.86. The van der Waals surface area contributed by atoms with Crippen molar-refractivity contribution in [2.24, 2.45) is 0 Å². The monoisotopic (exact) mass is 340 g/mol. The number of para-hydroxylation sites is 1. The molecule has 0 aliphatic carbocycles. The molecule has 1 aromatic heterocycles. The van der Waals surface area contributed by atoms with Gasteiger partial charge < -0.3 is 10.1 Å². The number of halogens is 1. The van der Waals surface area contributed by atoms with Gasteiger partial charge in [-0.25, -0.2) is 4.98 Å². The smallest absolute Gasteiger partial charge is 0.131 e. The second kappa shape index (κ2) is 7.10. The summed E-state index contributed by atoms with van der Waals surface area (Å²) >= 11 is 6.24. The van der Waals surface area contributed by atoms with E-state index in [1.807, 2.05) is 48.5 Å². The van der Waals surface area contributed by atoms with Gasteiger partial charge >= 0.3 is 0 Å². The van der Waals surface area contributed by atoms with E-state index < -0.39 is 0 Å². The number of anilines is 2. The Morgan fingerprint density at radius 3 is 2.75 bits per heavy atom. The number of ether oxygens (including phenoxy) is 1. The van der Waals surface area contributed by atoms with Gasteiger partial charge in [0, 0.05) is 11.1 Å². The summed E-state index contributed by atoms with van der Waals surface area (Å²) in [4.78, 5) is 4.62. The molecule has 1 atom stereocenters. The zero-order chi connectivity index (χ0) is 17.1. The molecule has 2 aromatic carbocycles. The first kappa shape index (κ1) is 16.6. The lowest BCUT2D eigenvalue weighted by Gasteiger charge is -2.15. The van der Waals surface area contributed by atoms with Gasteiger partial charge in [0.1, 0.15) is 11.6 Å². The van der Waals surface area contributed by atoms with Crippen molar-refractivity contribution in [1.82, 2.24) is 4.98 Å². The topological polar surface area (TPSA) is 34.1 Å². The van der Waals surface area contributed by atoms with Crippen molar-refractivity contribution in [3.05, 3.63) is 59.1 Å². The van der Waals surface area contributed by atoms with Crippen LogP contribution < -0.4 is 10.1 Å². The van der Waals surface area contributed by atoms with E-state index in [4.69, 9.17) is 16.3 Å². The van der Waals surface area contributed by atoms with Gasteiger partial charge in [-0.15, -0.1) is 0 Å². The third-order valence-electron chi connectivity index (χ3n) is 4.04. The maximum Gasteiger partial charge on any atom is 0.131 e. The van der Waals surface area contributed by atoms with Crippen LogP contribution in [0, 0.1) is 6.92 Å². The van der Waals surface area contributed by atoms with E-state index >= 15 is 0 Å². The van der Waals surface area contributed by atoms with Gasteiger partial charge in [-0.1, -0.05) is 30.7 Å². The second-order valence-electron chi connectivity index (χ2n) is 5.95. The molecule has 0 bridgehead atoms. The lowest BCUT2D eigenvalue weighted by molar-refractivity contribution is 0.217. The van der Waals surface area contributed by atoms with Crippen molar-refractivity contribution in [2.45, 2.75) is 33.3 Å². The third-order valence-corrected chi connectivity index (χ3v) is 4.35. The highest BCUT2D eigenvalue weighted by Gasteiger charge is 2.07. The number of pyridine rings is 1. The van der Waals surface area contributed by atoms with E-state index in [9.17, 15) is 0 Å². The molecule has 0 spiro atoms. The number of aryl methyl sites for hydroxylation is 1. The number of rotatable bonds is 5. The minimum atomic E-state index is 0.215. The highest BCUT2D eigenvalue weighted by atomic mass is 35.5. The predicted molar refractivity (Wildman–Crippen MR) is 102 cm³/mol. The molecule has 124 valence electrons. The first-order chi connectivity index (χ1) is 11.6. The van der Waals surface area contributed by atoms with Crippen LogP contribution in [0.15, 0.2) is 48.5 Å². The summed E-state index contributed by atoms with van der Waals surface area (Å²) in [5.41, 5.74) is 2.92. The standard InChI is InChI=1S/C20H21ClN2O/c1-4-14(3)24-16-9-10-18(13(2)12-16)22-19-11-8-15-6-5-7-17(21)20(15)23-19/h5-12,14H,4H2,1-3H3,(H,22,23). The number of nitrogens with one attached hydrogen (secondary N) is 1. The van der Waals surface area contributed by atoms with E-state index in [-0.39, 0.29) is 6.10 Å². The zero-order valence-corrected chi connectivity index (χ0v) is 14.9. The first-order valence-electron chi connectivity index (χ1n) is 8.16. The van der Waals surface area contributed by atoms with Crippen LogP contribution in [-0.2, 0) is 0 Å². The molecule has 3 nitrogen and oxygen atoms in total. The molecule has 1 unspecified atom stereocenters. The van der Waals surface area contributed by atoms with Gasteiger partial charge in [0.25, 0.3) is 0 Å². The summed E-state index contributed by atoms with van der Waals surface area (Å²) in [6.07, 6.45) is 1.20. The van der Waals surface area contributed by atoms with E-state index in [2.05, 4.69) is 31.1 Å². The molecule has 0 radical (unpaired) electrons. The van der Waals surface area contributed by atoms with E-state index in [0.717, 1.165) is 40.1 Å². The Kier molecular flexibility index (Phi) is 4.91. The molecule has 1 N–H and O–H groups in total. The molecule has 0 aliphatic heterocycles. The van der Waals surface area contributed by atoms with E-state index in [1.165, 1.54) is 0 Å². The fraction of sp³-hybridized carbons (Fsp3) is 0.250. The van der Waals surface area contributed by atoms with Crippen LogP contribution >= 0.6 is 11.6 Å². The SMILES string of the molecule is CCC(C)Oc1ccc(Nc2ccc3cccc(Cl)c3n2)c(C)c1. The molecule has 0 fully saturated rings. The molecule has 3 aromatic rings. The van der Waals surface area contributed by atoms with Gasteiger partial charge in [0.05, 0.1) is 16.6 Å². The third kappa shape index (κ3) is 3.62. The van der Waals surface area contributed by atoms with E-state index in [0.29, 0.717) is 5.02 Å². The number of nitrogens with zero attached hydrogens (tertiary/aromatic N) is 1. The highest BCUT2D eigenvalue weighted by Crippen LogP contribution is 2.27. The molecule has 4 heteroatoms. The van der Waals surface area contributed by atoms with Crippen molar-refractivity contribution < 1.29 is 4.74 Å². The Balaban J connectivity index is 1.84. The van der Waals surface area contributed by atoms with Gasteiger partial charge in [-0.05, 0) is 62.2 Å². The lowest BCUT2D eigenvalue weighted by Crippen LogP contribution is -2.09. The summed E-state index contributed by atoms with van der Waals surface area (Å²) in [7, 11) is 0. The Bertz CT molecular complexity index is 863. The Hall–Kier alpha value is -2.26. The van der Waals surface area contributed by atoms with Crippen molar-refractivity contribution in [3.63, 3.8) is 0 Å². The fourth-order valence-electron chi connectivity index (χ4n) is 2.48. The van der Waals surface area contributed by atoms with Gasteiger partial charge in [-0.2, -0.15) is 0 Å². The lowest BCUT2D eigenvalue weighted by atomic mass is 10.1. The summed E-state index contributed by atoms with van der Waals surface area (Å²) in [6, 6.07) is 15.8. The second-order valence-corrected chi connectivity index (χ2v) is 6.35. The largest absolute Gasteiger partial charge is 0.491 e. The van der Waals surface area contributed by atoms with Crippen LogP contribution in [0.3, 0.4) is 0 Å². The first-order valence-corrected chi connectivity index (χ1v) is 8.54. The molecule has 0 amide bonds. The molecule has 0 saturated heterocycles. The number of aromatic nitrogens is 1. The molecule has 0 aliphatic rings. The van der Waals surface area contributed by atoms with Crippen molar-refractivity contribution in [3.8, 4) is 5.75 Å².